The number of carboxylic acid groups (broad SMARTS) is 1. The van der Waals surface area contributed by atoms with Crippen molar-refractivity contribution in [1.82, 2.24) is 4.90 Å². The van der Waals surface area contributed by atoms with Crippen molar-refractivity contribution in [1.29, 1.82) is 0 Å². The Hall–Kier alpha value is -1.55. The molecule has 1 saturated heterocycles. The molecule has 0 saturated carbocycles. The molecule has 0 unspecified atom stereocenters. The van der Waals surface area contributed by atoms with Crippen LogP contribution in [-0.2, 0) is 11.0 Å². The second kappa shape index (κ2) is 5.09. The van der Waals surface area contributed by atoms with Crippen LogP contribution < -0.4 is 5.73 Å². The highest BCUT2D eigenvalue weighted by Crippen LogP contribution is 2.33. The molecule has 0 aromatic heterocycles. The number of piperidine rings is 1. The fourth-order valence-corrected chi connectivity index (χ4v) is 2.68. The minimum Gasteiger partial charge on any atom is -0.465 e. The Morgan fingerprint density at radius 1 is 1.30 bits per heavy atom. The first-order chi connectivity index (χ1) is 9.22. The SMILES string of the molecule is CC(C)(C)c1cccc(C2(N)CCN(C(=O)O)CC2)c1. The van der Waals surface area contributed by atoms with E-state index in [0.29, 0.717) is 25.9 Å². The number of hydrogen-bond acceptors (Lipinski definition) is 2. The minimum atomic E-state index is -0.851. The van der Waals surface area contributed by atoms with Gasteiger partial charge in [0.15, 0.2) is 0 Å². The fraction of sp³-hybridized carbons (Fsp3) is 0.562. The molecule has 0 bridgehead atoms. The van der Waals surface area contributed by atoms with Gasteiger partial charge in [0.2, 0.25) is 0 Å². The van der Waals surface area contributed by atoms with Crippen LogP contribution in [0.2, 0.25) is 0 Å². The van der Waals surface area contributed by atoms with Crippen molar-refractivity contribution in [3.05, 3.63) is 35.4 Å². The normalized spacial score (nSPS) is 18.9. The van der Waals surface area contributed by atoms with E-state index in [1.54, 1.807) is 0 Å². The molecule has 110 valence electrons. The van der Waals surface area contributed by atoms with E-state index in [9.17, 15) is 4.79 Å². The number of nitrogens with zero attached hydrogens (tertiary/aromatic N) is 1. The summed E-state index contributed by atoms with van der Waals surface area (Å²) in [6.45, 7) is 7.56. The van der Waals surface area contributed by atoms with Gasteiger partial charge in [0.1, 0.15) is 0 Å². The largest absolute Gasteiger partial charge is 0.465 e. The van der Waals surface area contributed by atoms with Crippen molar-refractivity contribution in [3.63, 3.8) is 0 Å². The van der Waals surface area contributed by atoms with Crippen LogP contribution in [0.25, 0.3) is 0 Å². The van der Waals surface area contributed by atoms with Gasteiger partial charge in [-0.1, -0.05) is 45.0 Å². The Labute approximate surface area is 120 Å². The highest BCUT2D eigenvalue weighted by atomic mass is 16.4. The van der Waals surface area contributed by atoms with Gasteiger partial charge in [-0.25, -0.2) is 4.79 Å². The van der Waals surface area contributed by atoms with Crippen LogP contribution in [0.4, 0.5) is 4.79 Å². The zero-order valence-corrected chi connectivity index (χ0v) is 12.5. The standard InChI is InChI=1S/C16H24N2O2/c1-15(2,3)12-5-4-6-13(11-12)16(17)7-9-18(10-8-16)14(19)20/h4-6,11H,7-10,17H2,1-3H3,(H,19,20). The Balaban J connectivity index is 2.22. The van der Waals surface area contributed by atoms with Gasteiger partial charge in [0.05, 0.1) is 0 Å². The van der Waals surface area contributed by atoms with Crippen LogP contribution in [-0.4, -0.2) is 29.2 Å². The first-order valence-corrected chi connectivity index (χ1v) is 7.10. The lowest BCUT2D eigenvalue weighted by Crippen LogP contribution is -2.49. The van der Waals surface area contributed by atoms with Crippen LogP contribution in [0.3, 0.4) is 0 Å². The van der Waals surface area contributed by atoms with E-state index >= 15 is 0 Å². The third-order valence-corrected chi connectivity index (χ3v) is 4.23. The number of benzene rings is 1. The summed E-state index contributed by atoms with van der Waals surface area (Å²) in [6.07, 6.45) is 0.496. The molecule has 4 heteroatoms. The van der Waals surface area contributed by atoms with Crippen LogP contribution in [0.15, 0.2) is 24.3 Å². The summed E-state index contributed by atoms with van der Waals surface area (Å²) in [6, 6.07) is 8.41. The predicted octanol–water partition coefficient (Wildman–Crippen LogP) is 2.91. The second-order valence-corrected chi connectivity index (χ2v) is 6.76. The summed E-state index contributed by atoms with van der Waals surface area (Å²) in [5, 5.41) is 9.01. The molecule has 20 heavy (non-hydrogen) atoms. The Morgan fingerprint density at radius 2 is 1.90 bits per heavy atom. The zero-order valence-electron chi connectivity index (χ0n) is 12.5. The van der Waals surface area contributed by atoms with Crippen molar-refractivity contribution in [2.45, 2.75) is 44.6 Å². The number of carbonyl (C=O) groups is 1. The number of nitrogens with two attached hydrogens (primary N) is 1. The van der Waals surface area contributed by atoms with E-state index in [-0.39, 0.29) is 5.41 Å². The van der Waals surface area contributed by atoms with E-state index < -0.39 is 11.6 Å². The van der Waals surface area contributed by atoms with Crippen LogP contribution >= 0.6 is 0 Å². The molecule has 1 heterocycles. The quantitative estimate of drug-likeness (QED) is 0.828. The zero-order chi connectivity index (χ0) is 15.0. The average molecular weight is 276 g/mol. The summed E-state index contributed by atoms with van der Waals surface area (Å²) < 4.78 is 0. The van der Waals surface area contributed by atoms with Crippen molar-refractivity contribution in [3.8, 4) is 0 Å². The second-order valence-electron chi connectivity index (χ2n) is 6.76. The molecule has 1 amide bonds. The Morgan fingerprint density at radius 3 is 2.40 bits per heavy atom. The summed E-state index contributed by atoms with van der Waals surface area (Å²) in [7, 11) is 0. The van der Waals surface area contributed by atoms with Gasteiger partial charge in [-0.05, 0) is 29.4 Å². The third-order valence-electron chi connectivity index (χ3n) is 4.23. The molecule has 0 spiro atoms. The summed E-state index contributed by atoms with van der Waals surface area (Å²) >= 11 is 0. The maximum absolute atomic E-state index is 11.0. The molecular formula is C16H24N2O2. The van der Waals surface area contributed by atoms with E-state index in [0.717, 1.165) is 5.56 Å². The molecule has 1 fully saturated rings. The first kappa shape index (κ1) is 14.9. The Kier molecular flexibility index (Phi) is 3.78. The lowest BCUT2D eigenvalue weighted by Gasteiger charge is -2.39. The Bertz CT molecular complexity index is 497. The van der Waals surface area contributed by atoms with Gasteiger partial charge in [-0.15, -0.1) is 0 Å². The van der Waals surface area contributed by atoms with Crippen molar-refractivity contribution in [2.24, 2.45) is 5.73 Å². The van der Waals surface area contributed by atoms with Gasteiger partial charge >= 0.3 is 6.09 Å². The molecule has 0 atom stereocenters. The monoisotopic (exact) mass is 276 g/mol. The lowest BCUT2D eigenvalue weighted by molar-refractivity contribution is 0.117. The van der Waals surface area contributed by atoms with Crippen molar-refractivity contribution < 1.29 is 9.90 Å². The molecular weight excluding hydrogens is 252 g/mol. The first-order valence-electron chi connectivity index (χ1n) is 7.10. The molecule has 0 radical (unpaired) electrons. The maximum Gasteiger partial charge on any atom is 0.407 e. The van der Waals surface area contributed by atoms with E-state index in [2.05, 4.69) is 39.0 Å². The number of hydrogen-bond donors (Lipinski definition) is 2. The van der Waals surface area contributed by atoms with Gasteiger partial charge in [0.25, 0.3) is 0 Å². The molecule has 3 N–H and O–H groups in total. The smallest absolute Gasteiger partial charge is 0.407 e. The fourth-order valence-electron chi connectivity index (χ4n) is 2.68. The predicted molar refractivity (Wildman–Crippen MR) is 79.8 cm³/mol. The number of rotatable bonds is 1. The third kappa shape index (κ3) is 2.96. The van der Waals surface area contributed by atoms with Crippen LogP contribution in [0.1, 0.15) is 44.7 Å². The highest BCUT2D eigenvalue weighted by molar-refractivity contribution is 5.65. The molecule has 1 aliphatic rings. The number of likely N-dealkylation sites (tertiary alicyclic amines) is 1. The molecule has 1 aromatic carbocycles. The van der Waals surface area contributed by atoms with E-state index in [1.807, 2.05) is 6.07 Å². The van der Waals surface area contributed by atoms with Gasteiger partial charge in [-0.3, -0.25) is 0 Å². The maximum atomic E-state index is 11.0. The molecule has 2 rings (SSSR count). The van der Waals surface area contributed by atoms with Gasteiger partial charge in [-0.2, -0.15) is 0 Å². The summed E-state index contributed by atoms with van der Waals surface area (Å²) in [4.78, 5) is 12.4. The minimum absolute atomic E-state index is 0.0914. The van der Waals surface area contributed by atoms with E-state index in [4.69, 9.17) is 10.8 Å². The summed E-state index contributed by atoms with van der Waals surface area (Å²) in [5.41, 5.74) is 8.60. The summed E-state index contributed by atoms with van der Waals surface area (Å²) in [5.74, 6) is 0. The van der Waals surface area contributed by atoms with Gasteiger partial charge < -0.3 is 15.7 Å². The molecule has 4 nitrogen and oxygen atoms in total. The van der Waals surface area contributed by atoms with E-state index in [1.165, 1.54) is 10.5 Å². The number of amides is 1. The van der Waals surface area contributed by atoms with Gasteiger partial charge in [0, 0.05) is 18.6 Å². The van der Waals surface area contributed by atoms with Crippen molar-refractivity contribution in [2.75, 3.05) is 13.1 Å². The molecule has 0 aliphatic carbocycles. The molecule has 1 aliphatic heterocycles. The average Bonchev–Trinajstić information content (AvgIpc) is 2.38. The van der Waals surface area contributed by atoms with Crippen LogP contribution in [0.5, 0.6) is 0 Å². The highest BCUT2D eigenvalue weighted by Gasteiger charge is 2.34. The molecule has 1 aromatic rings. The van der Waals surface area contributed by atoms with Crippen molar-refractivity contribution >= 4 is 6.09 Å². The van der Waals surface area contributed by atoms with Crippen LogP contribution in [0, 0.1) is 0 Å². The lowest BCUT2D eigenvalue weighted by atomic mass is 9.78. The topological polar surface area (TPSA) is 66.6 Å².